The monoisotopic (exact) mass is 306 g/mol. The quantitative estimate of drug-likeness (QED) is 0.546. The molecule has 0 aromatic rings. The van der Waals surface area contributed by atoms with Crippen LogP contribution in [0.25, 0.3) is 0 Å². The molecule has 2 saturated heterocycles. The van der Waals surface area contributed by atoms with Crippen molar-refractivity contribution in [2.24, 2.45) is 23.7 Å². The summed E-state index contributed by atoms with van der Waals surface area (Å²) in [5.41, 5.74) is 0. The maximum absolute atomic E-state index is 12.5. The second-order valence-electron chi connectivity index (χ2n) is 6.26. The van der Waals surface area contributed by atoms with E-state index in [9.17, 15) is 14.4 Å². The third-order valence-corrected chi connectivity index (χ3v) is 6.16. The molecule has 0 N–H and O–H groups in total. The minimum Gasteiger partial charge on any atom is -0.339 e. The lowest BCUT2D eigenvalue weighted by Gasteiger charge is -2.28. The van der Waals surface area contributed by atoms with Crippen LogP contribution in [0, 0.1) is 23.7 Å². The summed E-state index contributed by atoms with van der Waals surface area (Å²) in [5.74, 6) is 1.57. The van der Waals surface area contributed by atoms with Crippen molar-refractivity contribution >= 4 is 29.5 Å². The number of thioether (sulfide) groups is 1. The fourth-order valence-corrected chi connectivity index (χ4v) is 5.07. The summed E-state index contributed by atoms with van der Waals surface area (Å²) in [5, 5.41) is 0. The average molecular weight is 306 g/mol. The van der Waals surface area contributed by atoms with Crippen molar-refractivity contribution in [2.75, 3.05) is 31.1 Å². The van der Waals surface area contributed by atoms with Gasteiger partial charge in [-0.05, 0) is 18.3 Å². The van der Waals surface area contributed by atoms with Crippen LogP contribution in [-0.2, 0) is 14.4 Å². The van der Waals surface area contributed by atoms with Crippen molar-refractivity contribution in [2.45, 2.75) is 6.42 Å². The van der Waals surface area contributed by atoms with Crippen molar-refractivity contribution in [3.8, 4) is 0 Å². The fraction of sp³-hybridized carbons (Fsp3) is 0.667. The van der Waals surface area contributed by atoms with Crippen LogP contribution in [0.4, 0.5) is 0 Å². The maximum atomic E-state index is 12.5. The molecule has 2 aliphatic heterocycles. The van der Waals surface area contributed by atoms with Crippen LogP contribution in [0.5, 0.6) is 0 Å². The van der Waals surface area contributed by atoms with Crippen LogP contribution in [0.15, 0.2) is 12.2 Å². The summed E-state index contributed by atoms with van der Waals surface area (Å²) in [6.07, 6.45) is 5.08. The number of rotatable bonds is 2. The fourth-order valence-electron chi connectivity index (χ4n) is 4.17. The van der Waals surface area contributed by atoms with Crippen LogP contribution in [0.1, 0.15) is 6.42 Å². The molecule has 0 unspecified atom stereocenters. The molecule has 0 spiro atoms. The van der Waals surface area contributed by atoms with Gasteiger partial charge in [-0.1, -0.05) is 12.2 Å². The molecule has 3 amide bonds. The van der Waals surface area contributed by atoms with E-state index in [2.05, 4.69) is 12.2 Å². The molecular weight excluding hydrogens is 288 g/mol. The highest BCUT2D eigenvalue weighted by atomic mass is 32.2. The molecule has 2 aliphatic carbocycles. The van der Waals surface area contributed by atoms with Crippen LogP contribution >= 0.6 is 11.8 Å². The number of hydrogen-bond acceptors (Lipinski definition) is 4. The molecule has 0 aromatic heterocycles. The van der Waals surface area contributed by atoms with E-state index >= 15 is 0 Å². The van der Waals surface area contributed by atoms with Crippen LogP contribution < -0.4 is 0 Å². The first-order chi connectivity index (χ1) is 10.2. The first-order valence-corrected chi connectivity index (χ1v) is 8.71. The van der Waals surface area contributed by atoms with Crippen molar-refractivity contribution in [1.82, 2.24) is 9.80 Å². The third-order valence-electron chi connectivity index (χ3n) is 5.22. The van der Waals surface area contributed by atoms with Crippen molar-refractivity contribution < 1.29 is 14.4 Å². The van der Waals surface area contributed by atoms with Crippen molar-refractivity contribution in [3.63, 3.8) is 0 Å². The van der Waals surface area contributed by atoms with E-state index in [0.717, 1.165) is 31.0 Å². The number of nitrogens with zero attached hydrogens (tertiary/aromatic N) is 2. The topological polar surface area (TPSA) is 57.7 Å². The molecule has 0 radical (unpaired) electrons. The van der Waals surface area contributed by atoms with Crippen LogP contribution in [-0.4, -0.2) is 58.7 Å². The number of imide groups is 1. The molecular formula is C15H18N2O3S. The summed E-state index contributed by atoms with van der Waals surface area (Å²) in [7, 11) is 0. The number of fused-ring (bicyclic) bond motifs is 5. The Hall–Kier alpha value is -1.30. The Kier molecular flexibility index (Phi) is 3.10. The van der Waals surface area contributed by atoms with Crippen molar-refractivity contribution in [3.05, 3.63) is 12.2 Å². The molecule has 21 heavy (non-hydrogen) atoms. The van der Waals surface area contributed by atoms with Crippen LogP contribution in [0.3, 0.4) is 0 Å². The summed E-state index contributed by atoms with van der Waals surface area (Å²) in [6, 6.07) is 0. The van der Waals surface area contributed by atoms with E-state index in [1.165, 1.54) is 4.90 Å². The van der Waals surface area contributed by atoms with E-state index in [1.807, 2.05) is 11.8 Å². The van der Waals surface area contributed by atoms with Crippen LogP contribution in [0.2, 0.25) is 0 Å². The van der Waals surface area contributed by atoms with E-state index in [0.29, 0.717) is 0 Å². The minimum absolute atomic E-state index is 0.0607. The Morgan fingerprint density at radius 1 is 1.10 bits per heavy atom. The van der Waals surface area contributed by atoms with Gasteiger partial charge >= 0.3 is 0 Å². The molecule has 4 atom stereocenters. The maximum Gasteiger partial charge on any atom is 0.242 e. The standard InChI is InChI=1S/C15H18N2O3S/c18-11(16-3-5-21-6-4-16)8-17-14(19)12-9-1-2-10(7-9)13(12)15(17)20/h1-2,9-10,12-13H,3-8H2/t9-,10-,12+,13+/m0/s1. The Bertz CT molecular complexity index is 511. The lowest BCUT2D eigenvalue weighted by Crippen LogP contribution is -2.46. The Morgan fingerprint density at radius 3 is 2.24 bits per heavy atom. The minimum atomic E-state index is -0.197. The lowest BCUT2D eigenvalue weighted by atomic mass is 9.85. The van der Waals surface area contributed by atoms with E-state index in [4.69, 9.17) is 0 Å². The number of carbonyl (C=O) groups excluding carboxylic acids is 3. The summed E-state index contributed by atoms with van der Waals surface area (Å²) < 4.78 is 0. The first-order valence-electron chi connectivity index (χ1n) is 7.56. The molecule has 2 bridgehead atoms. The van der Waals surface area contributed by atoms with Gasteiger partial charge in [0.25, 0.3) is 0 Å². The van der Waals surface area contributed by atoms with Gasteiger partial charge in [-0.25, -0.2) is 0 Å². The summed E-state index contributed by atoms with van der Waals surface area (Å²) in [4.78, 5) is 40.3. The smallest absolute Gasteiger partial charge is 0.242 e. The molecule has 4 rings (SSSR count). The zero-order valence-electron chi connectivity index (χ0n) is 11.7. The van der Waals surface area contributed by atoms with E-state index in [1.54, 1.807) is 4.90 Å². The van der Waals surface area contributed by atoms with Gasteiger partial charge in [-0.3, -0.25) is 19.3 Å². The second kappa shape index (κ2) is 4.87. The molecule has 2 heterocycles. The number of hydrogen-bond donors (Lipinski definition) is 0. The van der Waals surface area contributed by atoms with Gasteiger partial charge in [0.15, 0.2) is 0 Å². The normalized spacial score (nSPS) is 37.5. The summed E-state index contributed by atoms with van der Waals surface area (Å²) >= 11 is 1.83. The second-order valence-corrected chi connectivity index (χ2v) is 7.48. The van der Waals surface area contributed by atoms with Gasteiger partial charge in [-0.2, -0.15) is 11.8 Å². The average Bonchev–Trinajstić information content (AvgIpc) is 3.18. The number of likely N-dealkylation sites (tertiary alicyclic amines) is 1. The van der Waals surface area contributed by atoms with Gasteiger partial charge in [0.1, 0.15) is 6.54 Å². The first kappa shape index (κ1) is 13.4. The molecule has 1 saturated carbocycles. The molecule has 112 valence electrons. The lowest BCUT2D eigenvalue weighted by molar-refractivity contribution is -0.147. The van der Waals surface area contributed by atoms with Gasteiger partial charge < -0.3 is 4.90 Å². The largest absolute Gasteiger partial charge is 0.339 e. The highest BCUT2D eigenvalue weighted by Crippen LogP contribution is 2.52. The zero-order valence-corrected chi connectivity index (χ0v) is 12.6. The predicted octanol–water partition coefficient (Wildman–Crippen LogP) is 0.369. The van der Waals surface area contributed by atoms with Gasteiger partial charge in [0.05, 0.1) is 11.8 Å². The number of carbonyl (C=O) groups is 3. The van der Waals surface area contributed by atoms with Gasteiger partial charge in [0.2, 0.25) is 17.7 Å². The Balaban J connectivity index is 1.48. The Morgan fingerprint density at radius 2 is 1.67 bits per heavy atom. The van der Waals surface area contributed by atoms with E-state index < -0.39 is 0 Å². The molecule has 3 fully saturated rings. The molecule has 0 aromatic carbocycles. The van der Waals surface area contributed by atoms with Crippen molar-refractivity contribution in [1.29, 1.82) is 0 Å². The van der Waals surface area contributed by atoms with E-state index in [-0.39, 0.29) is 47.9 Å². The third kappa shape index (κ3) is 1.95. The number of allylic oxidation sites excluding steroid dienone is 2. The Labute approximate surface area is 127 Å². The molecule has 5 nitrogen and oxygen atoms in total. The highest BCUT2D eigenvalue weighted by Gasteiger charge is 2.59. The van der Waals surface area contributed by atoms with Gasteiger partial charge in [-0.15, -0.1) is 0 Å². The molecule has 4 aliphatic rings. The number of amides is 3. The highest BCUT2D eigenvalue weighted by molar-refractivity contribution is 7.99. The van der Waals surface area contributed by atoms with Gasteiger partial charge in [0, 0.05) is 24.6 Å². The SMILES string of the molecule is O=C(CN1C(=O)[C@H]2[C@H](C1=O)[C@H]1C=C[C@H]2C1)N1CCSCC1. The zero-order chi connectivity index (χ0) is 14.6. The molecule has 6 heteroatoms. The summed E-state index contributed by atoms with van der Waals surface area (Å²) in [6.45, 7) is 1.38. The predicted molar refractivity (Wildman–Crippen MR) is 78.3 cm³/mol.